The highest BCUT2D eigenvalue weighted by Gasteiger charge is 2.32. The summed E-state index contributed by atoms with van der Waals surface area (Å²) in [4.78, 5) is 0. The molecule has 0 atom stereocenters. The van der Waals surface area contributed by atoms with Gasteiger partial charge in [0.25, 0.3) is 0 Å². The molecule has 14 heavy (non-hydrogen) atoms. The molecule has 0 aromatic rings. The van der Waals surface area contributed by atoms with E-state index >= 15 is 0 Å². The molecule has 0 amide bonds. The second kappa shape index (κ2) is 4.49. The summed E-state index contributed by atoms with van der Waals surface area (Å²) in [7, 11) is -3.11. The molecule has 1 aliphatic carbocycles. The third-order valence-electron chi connectivity index (χ3n) is 2.49. The normalized spacial score (nSPS) is 20.2. The van der Waals surface area contributed by atoms with Crippen molar-refractivity contribution in [1.29, 1.82) is 0 Å². The summed E-state index contributed by atoms with van der Waals surface area (Å²) >= 11 is 3.31. The number of alkyl halides is 1. The first kappa shape index (κ1) is 12.5. The van der Waals surface area contributed by atoms with Gasteiger partial charge in [-0.1, -0.05) is 28.8 Å². The van der Waals surface area contributed by atoms with Gasteiger partial charge in [-0.25, -0.2) is 13.1 Å². The maximum Gasteiger partial charge on any atom is 0.214 e. The molecular weight excluding hydrogens is 266 g/mol. The highest BCUT2D eigenvalue weighted by molar-refractivity contribution is 9.09. The Morgan fingerprint density at radius 1 is 1.36 bits per heavy atom. The Bertz CT molecular complexity index is 281. The number of halogens is 1. The summed E-state index contributed by atoms with van der Waals surface area (Å²) in [6.45, 7) is 3.77. The van der Waals surface area contributed by atoms with Crippen LogP contribution >= 0.6 is 15.9 Å². The Labute approximate surface area is 94.8 Å². The van der Waals surface area contributed by atoms with Crippen LogP contribution in [0.4, 0.5) is 0 Å². The number of hydrogen-bond acceptors (Lipinski definition) is 2. The van der Waals surface area contributed by atoms with E-state index in [1.54, 1.807) is 0 Å². The van der Waals surface area contributed by atoms with Gasteiger partial charge in [-0.05, 0) is 26.7 Å². The van der Waals surface area contributed by atoms with Crippen molar-refractivity contribution in [2.24, 2.45) is 0 Å². The fraction of sp³-hybridized carbons (Fsp3) is 1.00. The SMILES string of the molecule is CC(C)(CBr)NS(=O)(=O)C1CCCC1. The van der Waals surface area contributed by atoms with E-state index in [4.69, 9.17) is 0 Å². The number of rotatable bonds is 4. The van der Waals surface area contributed by atoms with Crippen molar-refractivity contribution < 1.29 is 8.42 Å². The zero-order chi connectivity index (χ0) is 10.8. The average Bonchev–Trinajstić information content (AvgIpc) is 2.54. The van der Waals surface area contributed by atoms with Gasteiger partial charge in [0.15, 0.2) is 0 Å². The van der Waals surface area contributed by atoms with Crippen molar-refractivity contribution >= 4 is 26.0 Å². The lowest BCUT2D eigenvalue weighted by Gasteiger charge is -2.25. The molecule has 0 radical (unpaired) electrons. The minimum atomic E-state index is -3.11. The van der Waals surface area contributed by atoms with Crippen molar-refractivity contribution in [2.45, 2.75) is 50.3 Å². The van der Waals surface area contributed by atoms with Crippen LogP contribution in [-0.2, 0) is 10.0 Å². The Balaban J connectivity index is 2.66. The third kappa shape index (κ3) is 3.21. The summed E-state index contributed by atoms with van der Waals surface area (Å²) < 4.78 is 26.5. The van der Waals surface area contributed by atoms with E-state index in [2.05, 4.69) is 20.7 Å². The molecular formula is C9H18BrNO2S. The molecule has 1 fully saturated rings. The lowest BCUT2D eigenvalue weighted by molar-refractivity contribution is 0.491. The van der Waals surface area contributed by atoms with E-state index in [1.807, 2.05) is 13.8 Å². The van der Waals surface area contributed by atoms with Gasteiger partial charge >= 0.3 is 0 Å². The molecule has 1 saturated carbocycles. The highest BCUT2D eigenvalue weighted by atomic mass is 79.9. The minimum Gasteiger partial charge on any atom is -0.212 e. The Kier molecular flexibility index (Phi) is 4.00. The first-order chi connectivity index (χ1) is 6.37. The Morgan fingerprint density at radius 3 is 2.29 bits per heavy atom. The maximum atomic E-state index is 11.9. The van der Waals surface area contributed by atoms with E-state index in [1.165, 1.54) is 0 Å². The quantitative estimate of drug-likeness (QED) is 0.803. The average molecular weight is 284 g/mol. The molecule has 1 aliphatic rings. The highest BCUT2D eigenvalue weighted by Crippen LogP contribution is 2.25. The second-order valence-corrected chi connectivity index (χ2v) is 7.09. The molecule has 3 nitrogen and oxygen atoms in total. The molecule has 0 aromatic carbocycles. The van der Waals surface area contributed by atoms with Crippen molar-refractivity contribution in [3.05, 3.63) is 0 Å². The van der Waals surface area contributed by atoms with Crippen LogP contribution in [0.15, 0.2) is 0 Å². The second-order valence-electron chi connectivity index (χ2n) is 4.57. The predicted molar refractivity (Wildman–Crippen MR) is 62.2 cm³/mol. The van der Waals surface area contributed by atoms with Crippen LogP contribution in [0.1, 0.15) is 39.5 Å². The largest absolute Gasteiger partial charge is 0.214 e. The lowest BCUT2D eigenvalue weighted by Crippen LogP contribution is -2.47. The van der Waals surface area contributed by atoms with Gasteiger partial charge in [-0.3, -0.25) is 0 Å². The lowest BCUT2D eigenvalue weighted by atomic mass is 10.1. The fourth-order valence-corrected chi connectivity index (χ4v) is 3.98. The zero-order valence-corrected chi connectivity index (χ0v) is 11.1. The molecule has 0 saturated heterocycles. The molecule has 0 bridgehead atoms. The molecule has 5 heteroatoms. The van der Waals surface area contributed by atoms with Crippen LogP contribution in [0.3, 0.4) is 0 Å². The fourth-order valence-electron chi connectivity index (χ4n) is 1.69. The molecule has 0 aromatic heterocycles. The molecule has 0 unspecified atom stereocenters. The van der Waals surface area contributed by atoms with Gasteiger partial charge in [0, 0.05) is 10.9 Å². The number of sulfonamides is 1. The first-order valence-corrected chi connectivity index (χ1v) is 7.63. The maximum absolute atomic E-state index is 11.9. The van der Waals surface area contributed by atoms with Crippen LogP contribution in [0, 0.1) is 0 Å². The Morgan fingerprint density at radius 2 is 1.86 bits per heavy atom. The summed E-state index contributed by atoms with van der Waals surface area (Å²) in [5.74, 6) is 0. The van der Waals surface area contributed by atoms with Gasteiger partial charge in [0.05, 0.1) is 5.25 Å². The predicted octanol–water partition coefficient (Wildman–Crippen LogP) is 2.02. The van der Waals surface area contributed by atoms with Crippen molar-refractivity contribution in [1.82, 2.24) is 4.72 Å². The Hall–Kier alpha value is 0.390. The van der Waals surface area contributed by atoms with Crippen LogP contribution in [0.5, 0.6) is 0 Å². The standard InChI is InChI=1S/C9H18BrNO2S/c1-9(2,7-10)11-14(12,13)8-5-3-4-6-8/h8,11H,3-7H2,1-2H3. The van der Waals surface area contributed by atoms with Crippen molar-refractivity contribution in [2.75, 3.05) is 5.33 Å². The van der Waals surface area contributed by atoms with Gasteiger partial charge in [0.2, 0.25) is 10.0 Å². The van der Waals surface area contributed by atoms with Gasteiger partial charge in [0.1, 0.15) is 0 Å². The van der Waals surface area contributed by atoms with E-state index in [-0.39, 0.29) is 10.8 Å². The summed E-state index contributed by atoms with van der Waals surface area (Å²) in [5.41, 5.74) is -0.387. The van der Waals surface area contributed by atoms with Gasteiger partial charge < -0.3 is 0 Å². The van der Waals surface area contributed by atoms with Crippen molar-refractivity contribution in [3.63, 3.8) is 0 Å². The summed E-state index contributed by atoms with van der Waals surface area (Å²) in [6.07, 6.45) is 3.71. The third-order valence-corrected chi connectivity index (χ3v) is 6.08. The molecule has 0 aliphatic heterocycles. The summed E-state index contributed by atoms with van der Waals surface area (Å²) in [5, 5.41) is 0.465. The van der Waals surface area contributed by atoms with Crippen LogP contribution in [0.25, 0.3) is 0 Å². The molecule has 1 rings (SSSR count). The smallest absolute Gasteiger partial charge is 0.212 e. The molecule has 1 N–H and O–H groups in total. The van der Waals surface area contributed by atoms with E-state index in [0.29, 0.717) is 5.33 Å². The minimum absolute atomic E-state index is 0.166. The van der Waals surface area contributed by atoms with Crippen LogP contribution in [0.2, 0.25) is 0 Å². The van der Waals surface area contributed by atoms with Gasteiger partial charge in [-0.2, -0.15) is 0 Å². The zero-order valence-electron chi connectivity index (χ0n) is 8.72. The summed E-state index contributed by atoms with van der Waals surface area (Å²) in [6, 6.07) is 0. The molecule has 0 spiro atoms. The van der Waals surface area contributed by atoms with Crippen LogP contribution in [-0.4, -0.2) is 24.5 Å². The number of nitrogens with one attached hydrogen (secondary N) is 1. The van der Waals surface area contributed by atoms with E-state index < -0.39 is 10.0 Å². The van der Waals surface area contributed by atoms with Crippen LogP contribution < -0.4 is 4.72 Å². The van der Waals surface area contributed by atoms with Gasteiger partial charge in [-0.15, -0.1) is 0 Å². The van der Waals surface area contributed by atoms with E-state index in [9.17, 15) is 8.42 Å². The topological polar surface area (TPSA) is 46.2 Å². The first-order valence-electron chi connectivity index (χ1n) is 4.96. The number of hydrogen-bond donors (Lipinski definition) is 1. The molecule has 84 valence electrons. The monoisotopic (exact) mass is 283 g/mol. The van der Waals surface area contributed by atoms with Crippen molar-refractivity contribution in [3.8, 4) is 0 Å². The van der Waals surface area contributed by atoms with E-state index in [0.717, 1.165) is 25.7 Å². The molecule has 0 heterocycles.